The van der Waals surface area contributed by atoms with Crippen molar-refractivity contribution < 1.29 is 28.6 Å². The first-order chi connectivity index (χ1) is 36.5. The molecule has 0 saturated heterocycles. The van der Waals surface area contributed by atoms with E-state index in [9.17, 15) is 14.4 Å². The van der Waals surface area contributed by atoms with Crippen molar-refractivity contribution in [2.75, 3.05) is 13.2 Å². The van der Waals surface area contributed by atoms with Gasteiger partial charge < -0.3 is 14.2 Å². The maximum atomic E-state index is 12.8. The average molecular weight is 1040 g/mol. The van der Waals surface area contributed by atoms with Crippen LogP contribution in [-0.4, -0.2) is 37.2 Å². The third kappa shape index (κ3) is 60.2. The molecule has 432 valence electrons. The van der Waals surface area contributed by atoms with Gasteiger partial charge in [-0.3, -0.25) is 14.4 Å². The standard InChI is InChI=1S/C68H124O6/c1-4-7-10-13-16-19-22-25-26-27-28-29-30-31-32-33-34-35-36-37-38-39-40-41-44-46-49-52-55-58-61-67(70)73-64-65(74-68(71)62-59-56-53-50-47-43-24-21-18-15-12-9-6-3)63-72-66(69)60-57-54-51-48-45-42-23-20-17-14-11-8-5-2/h11-12,14-15,20-21,23-24,65H,4-10,13,16-19,22,25-64H2,1-3H3/b14-11-,15-12-,23-20-,24-21-. The van der Waals surface area contributed by atoms with Crippen molar-refractivity contribution in [1.29, 1.82) is 0 Å². The molecule has 0 rings (SSSR count). The molecule has 0 bridgehead atoms. The molecule has 0 spiro atoms. The number of allylic oxidation sites excluding steroid dienone is 8. The predicted octanol–water partition coefficient (Wildman–Crippen LogP) is 22.2. The van der Waals surface area contributed by atoms with Crippen LogP contribution in [-0.2, 0) is 28.6 Å². The summed E-state index contributed by atoms with van der Waals surface area (Å²) in [6.45, 7) is 6.53. The number of hydrogen-bond donors (Lipinski definition) is 0. The molecular formula is C68H124O6. The minimum absolute atomic E-state index is 0.0805. The Bertz CT molecular complexity index is 1280. The number of rotatable bonds is 60. The average Bonchev–Trinajstić information content (AvgIpc) is 3.40. The van der Waals surface area contributed by atoms with E-state index in [-0.39, 0.29) is 31.1 Å². The van der Waals surface area contributed by atoms with E-state index < -0.39 is 6.10 Å². The lowest BCUT2D eigenvalue weighted by Crippen LogP contribution is -2.30. The third-order valence-corrected chi connectivity index (χ3v) is 14.5. The predicted molar refractivity (Wildman–Crippen MR) is 321 cm³/mol. The second-order valence-corrected chi connectivity index (χ2v) is 22.0. The van der Waals surface area contributed by atoms with Gasteiger partial charge in [0.2, 0.25) is 0 Å². The number of carbonyl (C=O) groups is 3. The van der Waals surface area contributed by atoms with Crippen molar-refractivity contribution in [3.05, 3.63) is 48.6 Å². The van der Waals surface area contributed by atoms with Crippen LogP contribution in [0, 0.1) is 0 Å². The number of unbranched alkanes of at least 4 members (excludes halogenated alkanes) is 41. The molecule has 6 heteroatoms. The first-order valence-corrected chi connectivity index (χ1v) is 32.6. The Morgan fingerprint density at radius 1 is 0.270 bits per heavy atom. The lowest BCUT2D eigenvalue weighted by molar-refractivity contribution is -0.167. The zero-order valence-corrected chi connectivity index (χ0v) is 49.6. The quantitative estimate of drug-likeness (QED) is 0.0261. The molecule has 74 heavy (non-hydrogen) atoms. The van der Waals surface area contributed by atoms with Crippen LogP contribution in [0.2, 0.25) is 0 Å². The zero-order valence-electron chi connectivity index (χ0n) is 49.6. The monoisotopic (exact) mass is 1040 g/mol. The highest BCUT2D eigenvalue weighted by Crippen LogP contribution is 2.18. The van der Waals surface area contributed by atoms with E-state index in [1.807, 2.05) is 0 Å². The van der Waals surface area contributed by atoms with Gasteiger partial charge in [-0.15, -0.1) is 0 Å². The summed E-state index contributed by atoms with van der Waals surface area (Å²) >= 11 is 0. The Morgan fingerprint density at radius 2 is 0.514 bits per heavy atom. The Balaban J connectivity index is 4.11. The summed E-state index contributed by atoms with van der Waals surface area (Å²) in [6.07, 6.45) is 78.6. The summed E-state index contributed by atoms with van der Waals surface area (Å²) in [5.41, 5.74) is 0. The van der Waals surface area contributed by atoms with Crippen molar-refractivity contribution in [3.63, 3.8) is 0 Å². The topological polar surface area (TPSA) is 78.9 Å². The number of esters is 3. The van der Waals surface area contributed by atoms with Crippen LogP contribution in [0.3, 0.4) is 0 Å². The molecule has 0 aliphatic rings. The van der Waals surface area contributed by atoms with Gasteiger partial charge in [0.15, 0.2) is 6.10 Å². The van der Waals surface area contributed by atoms with Crippen LogP contribution in [0.15, 0.2) is 48.6 Å². The molecule has 0 aliphatic heterocycles. The molecule has 1 unspecified atom stereocenters. The summed E-state index contributed by atoms with van der Waals surface area (Å²) in [5, 5.41) is 0. The van der Waals surface area contributed by atoms with E-state index in [2.05, 4.69) is 69.4 Å². The highest BCUT2D eigenvalue weighted by Gasteiger charge is 2.19. The minimum Gasteiger partial charge on any atom is -0.462 e. The highest BCUT2D eigenvalue weighted by atomic mass is 16.6. The third-order valence-electron chi connectivity index (χ3n) is 14.5. The smallest absolute Gasteiger partial charge is 0.306 e. The maximum absolute atomic E-state index is 12.8. The van der Waals surface area contributed by atoms with Crippen LogP contribution >= 0.6 is 0 Å². The Kier molecular flexibility index (Phi) is 60.7. The summed E-state index contributed by atoms with van der Waals surface area (Å²) in [6, 6.07) is 0. The van der Waals surface area contributed by atoms with Crippen LogP contribution in [0.25, 0.3) is 0 Å². The first-order valence-electron chi connectivity index (χ1n) is 32.6. The molecule has 0 radical (unpaired) electrons. The fraction of sp³-hybridized carbons (Fsp3) is 0.838. The van der Waals surface area contributed by atoms with Crippen LogP contribution < -0.4 is 0 Å². The van der Waals surface area contributed by atoms with Crippen molar-refractivity contribution in [2.24, 2.45) is 0 Å². The Hall–Kier alpha value is -2.63. The van der Waals surface area contributed by atoms with Crippen molar-refractivity contribution in [3.8, 4) is 0 Å². The fourth-order valence-corrected chi connectivity index (χ4v) is 9.64. The van der Waals surface area contributed by atoms with Crippen LogP contribution in [0.1, 0.15) is 348 Å². The SMILES string of the molecule is CCC/C=C\C/C=C\CCCCCCCC(=O)OCC(COC(=O)CCCCCCCCCCCCCCCCCCCCCCCCCCCCCCCC)OC(=O)CCCCCCC/C=C\C/C=C\CCC. The van der Waals surface area contributed by atoms with E-state index >= 15 is 0 Å². The second-order valence-electron chi connectivity index (χ2n) is 22.0. The van der Waals surface area contributed by atoms with E-state index in [0.717, 1.165) is 116 Å². The molecule has 0 aromatic carbocycles. The first kappa shape index (κ1) is 71.4. The molecule has 6 nitrogen and oxygen atoms in total. The number of hydrogen-bond acceptors (Lipinski definition) is 6. The van der Waals surface area contributed by atoms with Crippen molar-refractivity contribution >= 4 is 17.9 Å². The summed E-state index contributed by atoms with van der Waals surface area (Å²) in [4.78, 5) is 38.2. The lowest BCUT2D eigenvalue weighted by Gasteiger charge is -2.18. The van der Waals surface area contributed by atoms with E-state index in [1.54, 1.807) is 0 Å². The molecule has 1 atom stereocenters. The normalized spacial score (nSPS) is 12.3. The van der Waals surface area contributed by atoms with Crippen LogP contribution in [0.5, 0.6) is 0 Å². The Labute approximate surface area is 460 Å². The summed E-state index contributed by atoms with van der Waals surface area (Å²) in [7, 11) is 0. The molecule has 0 amide bonds. The van der Waals surface area contributed by atoms with E-state index in [0.29, 0.717) is 19.3 Å². The summed E-state index contributed by atoms with van der Waals surface area (Å²) < 4.78 is 16.9. The Morgan fingerprint density at radius 3 is 0.797 bits per heavy atom. The molecular weight excluding hydrogens is 913 g/mol. The zero-order chi connectivity index (χ0) is 53.6. The molecule has 0 N–H and O–H groups in total. The molecule has 0 aromatic rings. The fourth-order valence-electron chi connectivity index (χ4n) is 9.64. The summed E-state index contributed by atoms with van der Waals surface area (Å²) in [5.74, 6) is -0.893. The van der Waals surface area contributed by atoms with Crippen LogP contribution in [0.4, 0.5) is 0 Å². The molecule has 0 fully saturated rings. The lowest BCUT2D eigenvalue weighted by atomic mass is 10.0. The van der Waals surface area contributed by atoms with E-state index in [1.165, 1.54) is 193 Å². The van der Waals surface area contributed by atoms with Gasteiger partial charge in [0.25, 0.3) is 0 Å². The second kappa shape index (κ2) is 62.9. The van der Waals surface area contributed by atoms with Gasteiger partial charge in [0, 0.05) is 19.3 Å². The molecule has 0 aliphatic carbocycles. The van der Waals surface area contributed by atoms with Gasteiger partial charge in [0.1, 0.15) is 13.2 Å². The van der Waals surface area contributed by atoms with Gasteiger partial charge in [-0.05, 0) is 70.6 Å². The number of ether oxygens (including phenoxy) is 3. The van der Waals surface area contributed by atoms with Crippen molar-refractivity contribution in [2.45, 2.75) is 354 Å². The minimum atomic E-state index is -0.785. The van der Waals surface area contributed by atoms with Gasteiger partial charge in [-0.2, -0.15) is 0 Å². The molecule has 0 saturated carbocycles. The van der Waals surface area contributed by atoms with E-state index in [4.69, 9.17) is 14.2 Å². The largest absolute Gasteiger partial charge is 0.462 e. The molecule has 0 aromatic heterocycles. The number of carbonyl (C=O) groups excluding carboxylic acids is 3. The van der Waals surface area contributed by atoms with Gasteiger partial charge in [0.05, 0.1) is 0 Å². The highest BCUT2D eigenvalue weighted by molar-refractivity contribution is 5.71. The van der Waals surface area contributed by atoms with Gasteiger partial charge >= 0.3 is 17.9 Å². The maximum Gasteiger partial charge on any atom is 0.306 e. The van der Waals surface area contributed by atoms with Gasteiger partial charge in [-0.1, -0.05) is 307 Å². The van der Waals surface area contributed by atoms with Gasteiger partial charge in [-0.25, -0.2) is 0 Å². The molecule has 0 heterocycles. The van der Waals surface area contributed by atoms with Crippen molar-refractivity contribution in [1.82, 2.24) is 0 Å².